The number of ether oxygens (including phenoxy) is 1. The number of amides is 2. The van der Waals surface area contributed by atoms with E-state index in [2.05, 4.69) is 10.2 Å². The van der Waals surface area contributed by atoms with Gasteiger partial charge in [0.1, 0.15) is 11.1 Å². The monoisotopic (exact) mass is 351 g/mol. The summed E-state index contributed by atoms with van der Waals surface area (Å²) in [4.78, 5) is 29.0. The highest BCUT2D eigenvalue weighted by atomic mass is 16.6. The van der Waals surface area contributed by atoms with Crippen LogP contribution in [0.1, 0.15) is 65.7 Å². The predicted molar refractivity (Wildman–Crippen MR) is 96.1 cm³/mol. The van der Waals surface area contributed by atoms with Gasteiger partial charge in [0.15, 0.2) is 0 Å². The van der Waals surface area contributed by atoms with E-state index in [9.17, 15) is 9.59 Å². The zero-order valence-corrected chi connectivity index (χ0v) is 16.0. The largest absolute Gasteiger partial charge is 0.444 e. The van der Waals surface area contributed by atoms with Gasteiger partial charge < -0.3 is 15.0 Å². The van der Waals surface area contributed by atoms with E-state index >= 15 is 0 Å². The van der Waals surface area contributed by atoms with E-state index < -0.39 is 11.1 Å². The Hall–Kier alpha value is -1.30. The van der Waals surface area contributed by atoms with Crippen LogP contribution < -0.4 is 5.32 Å². The number of nitrogens with one attached hydrogen (secondary N) is 1. The second kappa shape index (κ2) is 7.14. The lowest BCUT2D eigenvalue weighted by Crippen LogP contribution is -2.58. The van der Waals surface area contributed by atoms with Crippen LogP contribution in [-0.2, 0) is 9.53 Å². The van der Waals surface area contributed by atoms with Crippen molar-refractivity contribution in [3.8, 4) is 0 Å². The van der Waals surface area contributed by atoms with Crippen molar-refractivity contribution in [1.29, 1.82) is 0 Å². The SMILES string of the molecule is CC(C)(C)OC(=O)N1CCC2(CC1)C(=O)NCN2CC1CCCCC1. The zero-order chi connectivity index (χ0) is 18.1. The number of carbonyl (C=O) groups excluding carboxylic acids is 2. The molecule has 1 saturated carbocycles. The molecule has 142 valence electrons. The quantitative estimate of drug-likeness (QED) is 0.831. The maximum absolute atomic E-state index is 12.6. The van der Waals surface area contributed by atoms with E-state index in [1.165, 1.54) is 32.1 Å². The Bertz CT molecular complexity index is 501. The molecule has 25 heavy (non-hydrogen) atoms. The van der Waals surface area contributed by atoms with Gasteiger partial charge >= 0.3 is 6.09 Å². The number of likely N-dealkylation sites (tertiary alicyclic amines) is 1. The third-order valence-corrected chi connectivity index (χ3v) is 5.90. The lowest BCUT2D eigenvalue weighted by atomic mass is 9.83. The van der Waals surface area contributed by atoms with Crippen molar-refractivity contribution in [2.24, 2.45) is 5.92 Å². The van der Waals surface area contributed by atoms with Crippen molar-refractivity contribution >= 4 is 12.0 Å². The lowest BCUT2D eigenvalue weighted by molar-refractivity contribution is -0.129. The first-order valence-corrected chi connectivity index (χ1v) is 9.81. The first kappa shape index (κ1) is 18.5. The molecule has 0 unspecified atom stereocenters. The Morgan fingerprint density at radius 2 is 1.84 bits per heavy atom. The minimum absolute atomic E-state index is 0.146. The van der Waals surface area contributed by atoms with E-state index in [0.717, 1.165) is 6.54 Å². The number of rotatable bonds is 2. The van der Waals surface area contributed by atoms with E-state index in [-0.39, 0.29) is 12.0 Å². The molecule has 2 aliphatic heterocycles. The maximum Gasteiger partial charge on any atom is 0.410 e. The molecule has 0 aromatic rings. The smallest absolute Gasteiger partial charge is 0.410 e. The molecule has 2 heterocycles. The number of hydrogen-bond donors (Lipinski definition) is 1. The van der Waals surface area contributed by atoms with Crippen LogP contribution in [0.4, 0.5) is 4.79 Å². The maximum atomic E-state index is 12.6. The van der Waals surface area contributed by atoms with Gasteiger partial charge in [-0.05, 0) is 52.4 Å². The first-order valence-electron chi connectivity index (χ1n) is 9.81. The van der Waals surface area contributed by atoms with Crippen LogP contribution >= 0.6 is 0 Å². The fraction of sp³-hybridized carbons (Fsp3) is 0.895. The van der Waals surface area contributed by atoms with E-state index in [1.54, 1.807) is 4.90 Å². The van der Waals surface area contributed by atoms with Gasteiger partial charge in [-0.15, -0.1) is 0 Å². The summed E-state index contributed by atoms with van der Waals surface area (Å²) < 4.78 is 5.48. The highest BCUT2D eigenvalue weighted by Gasteiger charge is 2.51. The molecule has 1 aliphatic carbocycles. The van der Waals surface area contributed by atoms with Gasteiger partial charge in [-0.3, -0.25) is 9.69 Å². The molecule has 3 fully saturated rings. The van der Waals surface area contributed by atoms with Crippen LogP contribution in [-0.4, -0.2) is 59.2 Å². The second-order valence-corrected chi connectivity index (χ2v) is 8.89. The molecule has 2 amide bonds. The summed E-state index contributed by atoms with van der Waals surface area (Å²) in [7, 11) is 0. The zero-order valence-electron chi connectivity index (χ0n) is 16.0. The summed E-state index contributed by atoms with van der Waals surface area (Å²) in [5, 5.41) is 3.05. The van der Waals surface area contributed by atoms with Crippen molar-refractivity contribution in [2.75, 3.05) is 26.3 Å². The van der Waals surface area contributed by atoms with E-state index in [1.807, 2.05) is 20.8 Å². The van der Waals surface area contributed by atoms with Crippen LogP contribution in [0.2, 0.25) is 0 Å². The fourth-order valence-electron chi connectivity index (χ4n) is 4.48. The van der Waals surface area contributed by atoms with Crippen LogP contribution in [0.25, 0.3) is 0 Å². The van der Waals surface area contributed by atoms with Crippen molar-refractivity contribution in [1.82, 2.24) is 15.1 Å². The Morgan fingerprint density at radius 1 is 1.20 bits per heavy atom. The van der Waals surface area contributed by atoms with Gasteiger partial charge in [-0.2, -0.15) is 0 Å². The standard InChI is InChI=1S/C19H33N3O3/c1-18(2,3)25-17(24)21-11-9-19(10-12-21)16(23)20-14-22(19)13-15-7-5-4-6-8-15/h15H,4-14H2,1-3H3,(H,20,23). The minimum atomic E-state index is -0.482. The second-order valence-electron chi connectivity index (χ2n) is 8.89. The van der Waals surface area contributed by atoms with Gasteiger partial charge in [-0.1, -0.05) is 19.3 Å². The molecule has 0 bridgehead atoms. The number of hydrogen-bond acceptors (Lipinski definition) is 4. The van der Waals surface area contributed by atoms with Crippen LogP contribution in [0.15, 0.2) is 0 Å². The van der Waals surface area contributed by atoms with Crippen molar-refractivity contribution < 1.29 is 14.3 Å². The third-order valence-electron chi connectivity index (χ3n) is 5.90. The summed E-state index contributed by atoms with van der Waals surface area (Å²) in [6, 6.07) is 0. The van der Waals surface area contributed by atoms with E-state index in [4.69, 9.17) is 4.74 Å². The molecule has 1 spiro atoms. The molecule has 3 rings (SSSR count). The van der Waals surface area contributed by atoms with Crippen LogP contribution in [0.5, 0.6) is 0 Å². The Labute approximate surface area is 151 Å². The Morgan fingerprint density at radius 3 is 2.44 bits per heavy atom. The lowest BCUT2D eigenvalue weighted by Gasteiger charge is -2.43. The summed E-state index contributed by atoms with van der Waals surface area (Å²) in [6.07, 6.45) is 7.69. The molecule has 6 nitrogen and oxygen atoms in total. The number of carbonyl (C=O) groups is 2. The van der Waals surface area contributed by atoms with Crippen molar-refractivity contribution in [3.05, 3.63) is 0 Å². The minimum Gasteiger partial charge on any atom is -0.444 e. The van der Waals surface area contributed by atoms with Gasteiger partial charge in [0, 0.05) is 19.6 Å². The van der Waals surface area contributed by atoms with Gasteiger partial charge in [0.05, 0.1) is 6.67 Å². The topological polar surface area (TPSA) is 61.9 Å². The molecule has 6 heteroatoms. The molecular weight excluding hydrogens is 318 g/mol. The summed E-state index contributed by atoms with van der Waals surface area (Å²) >= 11 is 0. The summed E-state index contributed by atoms with van der Waals surface area (Å²) in [5.74, 6) is 0.856. The van der Waals surface area contributed by atoms with Gasteiger partial charge in [0.2, 0.25) is 5.91 Å². The van der Waals surface area contributed by atoms with Crippen molar-refractivity contribution in [3.63, 3.8) is 0 Å². The normalized spacial score (nSPS) is 25.2. The number of piperidine rings is 1. The average molecular weight is 351 g/mol. The highest BCUT2D eigenvalue weighted by molar-refractivity contribution is 5.88. The Balaban J connectivity index is 1.60. The van der Waals surface area contributed by atoms with Crippen molar-refractivity contribution in [2.45, 2.75) is 76.9 Å². The average Bonchev–Trinajstić information content (AvgIpc) is 2.84. The molecule has 2 saturated heterocycles. The molecule has 0 aromatic heterocycles. The number of nitrogens with zero attached hydrogens (tertiary/aromatic N) is 2. The summed E-state index contributed by atoms with van der Waals surface area (Å²) in [5.41, 5.74) is -0.903. The fourth-order valence-corrected chi connectivity index (χ4v) is 4.48. The molecular formula is C19H33N3O3. The van der Waals surface area contributed by atoms with Crippen LogP contribution in [0.3, 0.4) is 0 Å². The summed E-state index contributed by atoms with van der Waals surface area (Å²) in [6.45, 7) is 8.48. The molecule has 3 aliphatic rings. The molecule has 0 radical (unpaired) electrons. The first-order chi connectivity index (χ1) is 11.8. The molecule has 0 atom stereocenters. The van der Waals surface area contributed by atoms with Gasteiger partial charge in [-0.25, -0.2) is 4.79 Å². The van der Waals surface area contributed by atoms with Gasteiger partial charge in [0.25, 0.3) is 0 Å². The predicted octanol–water partition coefficient (Wildman–Crippen LogP) is 2.73. The Kier molecular flexibility index (Phi) is 5.28. The molecule has 1 N–H and O–H groups in total. The highest BCUT2D eigenvalue weighted by Crippen LogP contribution is 2.35. The van der Waals surface area contributed by atoms with Crippen LogP contribution in [0, 0.1) is 5.92 Å². The third kappa shape index (κ3) is 4.10. The molecule has 0 aromatic carbocycles. The van der Waals surface area contributed by atoms with E-state index in [0.29, 0.717) is 38.5 Å².